The number of hydrogen-bond acceptors (Lipinski definition) is 2. The highest BCUT2D eigenvalue weighted by Gasteiger charge is 2.33. The standard InChI is InChI=1S/C11H17NO/c1-5-6-7-9(2)11(4)8-10(3)12-13-11/h5-7H,8H2,1-4H3/b6-5-,9-7+. The van der Waals surface area contributed by atoms with Crippen LogP contribution in [-0.4, -0.2) is 11.3 Å². The predicted octanol–water partition coefficient (Wildman–Crippen LogP) is 3.06. The van der Waals surface area contributed by atoms with Gasteiger partial charge in [0.05, 0.1) is 5.71 Å². The Morgan fingerprint density at radius 1 is 1.62 bits per heavy atom. The molecule has 0 N–H and O–H groups in total. The van der Waals surface area contributed by atoms with Gasteiger partial charge in [0.1, 0.15) is 0 Å². The number of hydrogen-bond donors (Lipinski definition) is 0. The minimum Gasteiger partial charge on any atom is -0.385 e. The van der Waals surface area contributed by atoms with Gasteiger partial charge in [-0.25, -0.2) is 0 Å². The summed E-state index contributed by atoms with van der Waals surface area (Å²) in [7, 11) is 0. The molecule has 1 aliphatic rings. The van der Waals surface area contributed by atoms with Gasteiger partial charge < -0.3 is 4.84 Å². The van der Waals surface area contributed by atoms with Gasteiger partial charge in [-0.15, -0.1) is 0 Å². The molecule has 0 saturated heterocycles. The van der Waals surface area contributed by atoms with Crippen LogP contribution in [0.1, 0.15) is 34.1 Å². The van der Waals surface area contributed by atoms with Crippen LogP contribution in [-0.2, 0) is 4.84 Å². The van der Waals surface area contributed by atoms with Crippen molar-refractivity contribution in [2.75, 3.05) is 0 Å². The van der Waals surface area contributed by atoms with Gasteiger partial charge in [-0.05, 0) is 33.3 Å². The van der Waals surface area contributed by atoms with Gasteiger partial charge >= 0.3 is 0 Å². The Bertz CT molecular complexity index is 276. The maximum absolute atomic E-state index is 5.40. The number of allylic oxidation sites excluding steroid dienone is 3. The molecule has 1 unspecified atom stereocenters. The van der Waals surface area contributed by atoms with Crippen LogP contribution >= 0.6 is 0 Å². The van der Waals surface area contributed by atoms with Crippen LogP contribution in [0.3, 0.4) is 0 Å². The van der Waals surface area contributed by atoms with Gasteiger partial charge in [0, 0.05) is 6.42 Å². The molecule has 1 rings (SSSR count). The molecule has 0 bridgehead atoms. The first-order valence-electron chi connectivity index (χ1n) is 4.60. The number of nitrogens with zero attached hydrogens (tertiary/aromatic N) is 1. The normalized spacial score (nSPS) is 29.2. The van der Waals surface area contributed by atoms with Gasteiger partial charge in [0.15, 0.2) is 5.60 Å². The number of oxime groups is 1. The van der Waals surface area contributed by atoms with E-state index in [1.807, 2.05) is 26.0 Å². The lowest BCUT2D eigenvalue weighted by molar-refractivity contribution is 0.0267. The minimum absolute atomic E-state index is 0.219. The fourth-order valence-corrected chi connectivity index (χ4v) is 1.36. The quantitative estimate of drug-likeness (QED) is 0.597. The molecule has 2 nitrogen and oxygen atoms in total. The van der Waals surface area contributed by atoms with Crippen molar-refractivity contribution in [3.8, 4) is 0 Å². The van der Waals surface area contributed by atoms with Crippen LogP contribution in [0.15, 0.2) is 29.0 Å². The molecule has 0 saturated carbocycles. The summed E-state index contributed by atoms with van der Waals surface area (Å²) in [5, 5.41) is 3.97. The molecule has 0 fully saturated rings. The summed E-state index contributed by atoms with van der Waals surface area (Å²) >= 11 is 0. The fourth-order valence-electron chi connectivity index (χ4n) is 1.36. The highest BCUT2D eigenvalue weighted by molar-refractivity contribution is 5.84. The second kappa shape index (κ2) is 3.77. The lowest BCUT2D eigenvalue weighted by atomic mass is 9.92. The first-order valence-corrected chi connectivity index (χ1v) is 4.60. The highest BCUT2D eigenvalue weighted by Crippen LogP contribution is 2.30. The molecule has 0 spiro atoms. The lowest BCUT2D eigenvalue weighted by Gasteiger charge is -2.21. The molecule has 1 heterocycles. The zero-order valence-corrected chi connectivity index (χ0v) is 8.79. The topological polar surface area (TPSA) is 21.6 Å². The summed E-state index contributed by atoms with van der Waals surface area (Å²) in [5.74, 6) is 0. The zero-order valence-electron chi connectivity index (χ0n) is 8.79. The molecule has 0 radical (unpaired) electrons. The maximum Gasteiger partial charge on any atom is 0.161 e. The smallest absolute Gasteiger partial charge is 0.161 e. The SMILES string of the molecule is C/C=C\C=C(/C)C1(C)CC(C)=NO1. The lowest BCUT2D eigenvalue weighted by Crippen LogP contribution is -2.25. The van der Waals surface area contributed by atoms with Gasteiger partial charge in [0.2, 0.25) is 0 Å². The molecule has 0 aromatic rings. The Balaban J connectivity index is 2.72. The molecular weight excluding hydrogens is 162 g/mol. The third-order valence-corrected chi connectivity index (χ3v) is 2.37. The Labute approximate surface area is 80.0 Å². The molecule has 0 amide bonds. The van der Waals surface area contributed by atoms with E-state index in [9.17, 15) is 0 Å². The van der Waals surface area contributed by atoms with Crippen LogP contribution in [0.4, 0.5) is 0 Å². The van der Waals surface area contributed by atoms with Crippen LogP contribution in [0.5, 0.6) is 0 Å². The van der Waals surface area contributed by atoms with Crippen LogP contribution in [0, 0.1) is 0 Å². The van der Waals surface area contributed by atoms with Crippen LogP contribution in [0.2, 0.25) is 0 Å². The van der Waals surface area contributed by atoms with Crippen molar-refractivity contribution in [2.45, 2.75) is 39.7 Å². The highest BCUT2D eigenvalue weighted by atomic mass is 16.7. The molecule has 2 heteroatoms. The zero-order chi connectivity index (χ0) is 9.90. The summed E-state index contributed by atoms with van der Waals surface area (Å²) < 4.78 is 0. The Morgan fingerprint density at radius 3 is 2.77 bits per heavy atom. The summed E-state index contributed by atoms with van der Waals surface area (Å²) in [6.07, 6.45) is 7.01. The van der Waals surface area contributed by atoms with Crippen molar-refractivity contribution >= 4 is 5.71 Å². The van der Waals surface area contributed by atoms with Crippen molar-refractivity contribution in [3.63, 3.8) is 0 Å². The molecule has 0 aromatic carbocycles. The van der Waals surface area contributed by atoms with E-state index in [1.165, 1.54) is 5.57 Å². The number of rotatable bonds is 2. The van der Waals surface area contributed by atoms with E-state index in [0.717, 1.165) is 12.1 Å². The van der Waals surface area contributed by atoms with E-state index in [4.69, 9.17) is 4.84 Å². The summed E-state index contributed by atoms with van der Waals surface area (Å²) in [6, 6.07) is 0. The van der Waals surface area contributed by atoms with Gasteiger partial charge in [-0.2, -0.15) is 0 Å². The molecule has 0 aromatic heterocycles. The van der Waals surface area contributed by atoms with Gasteiger partial charge in [-0.1, -0.05) is 23.4 Å². The monoisotopic (exact) mass is 179 g/mol. The summed E-state index contributed by atoms with van der Waals surface area (Å²) in [5.41, 5.74) is 2.06. The minimum atomic E-state index is -0.219. The maximum atomic E-state index is 5.40. The molecular formula is C11H17NO. The first-order chi connectivity index (χ1) is 6.08. The summed E-state index contributed by atoms with van der Waals surface area (Å²) in [4.78, 5) is 5.40. The van der Waals surface area contributed by atoms with E-state index < -0.39 is 0 Å². The Hall–Kier alpha value is -1.05. The average molecular weight is 179 g/mol. The molecule has 1 aliphatic heterocycles. The predicted molar refractivity (Wildman–Crippen MR) is 55.8 cm³/mol. The Morgan fingerprint density at radius 2 is 2.31 bits per heavy atom. The van der Waals surface area contributed by atoms with Crippen molar-refractivity contribution in [1.82, 2.24) is 0 Å². The van der Waals surface area contributed by atoms with Crippen molar-refractivity contribution in [3.05, 3.63) is 23.8 Å². The Kier molecular flexibility index (Phi) is 2.91. The summed E-state index contributed by atoms with van der Waals surface area (Å²) in [6.45, 7) is 8.15. The van der Waals surface area contributed by atoms with E-state index in [-0.39, 0.29) is 5.60 Å². The van der Waals surface area contributed by atoms with Crippen molar-refractivity contribution < 1.29 is 4.84 Å². The molecule has 0 aliphatic carbocycles. The van der Waals surface area contributed by atoms with Crippen molar-refractivity contribution in [2.24, 2.45) is 5.16 Å². The van der Waals surface area contributed by atoms with E-state index >= 15 is 0 Å². The second-order valence-electron chi connectivity index (χ2n) is 3.70. The molecule has 72 valence electrons. The van der Waals surface area contributed by atoms with E-state index in [1.54, 1.807) is 0 Å². The van der Waals surface area contributed by atoms with E-state index in [0.29, 0.717) is 0 Å². The molecule has 13 heavy (non-hydrogen) atoms. The van der Waals surface area contributed by atoms with E-state index in [2.05, 4.69) is 25.1 Å². The largest absolute Gasteiger partial charge is 0.385 e. The molecule has 1 atom stereocenters. The fraction of sp³-hybridized carbons (Fsp3) is 0.545. The third kappa shape index (κ3) is 2.20. The first kappa shape index (κ1) is 10.0. The van der Waals surface area contributed by atoms with Gasteiger partial charge in [-0.3, -0.25) is 0 Å². The average Bonchev–Trinajstić information content (AvgIpc) is 2.43. The third-order valence-electron chi connectivity index (χ3n) is 2.37. The van der Waals surface area contributed by atoms with Crippen LogP contribution < -0.4 is 0 Å². The van der Waals surface area contributed by atoms with Gasteiger partial charge in [0.25, 0.3) is 0 Å². The van der Waals surface area contributed by atoms with Crippen molar-refractivity contribution in [1.29, 1.82) is 0 Å². The second-order valence-corrected chi connectivity index (χ2v) is 3.70. The van der Waals surface area contributed by atoms with Crippen LogP contribution in [0.25, 0.3) is 0 Å².